The Morgan fingerprint density at radius 2 is 2.06 bits per heavy atom. The van der Waals surface area contributed by atoms with E-state index in [0.29, 0.717) is 0 Å². The molecule has 0 atom stereocenters. The summed E-state index contributed by atoms with van der Waals surface area (Å²) in [5, 5.41) is 0. The summed E-state index contributed by atoms with van der Waals surface area (Å²) in [6, 6.07) is 0. The Morgan fingerprint density at radius 1 is 1.25 bits per heavy atom. The molecule has 2 aliphatic carbocycles. The fraction of sp³-hybridized carbons (Fsp3) is 0.467. The third-order valence-corrected chi connectivity index (χ3v) is 2.34. The normalized spacial score (nSPS) is 15.8. The molecule has 0 heterocycles. The van der Waals surface area contributed by atoms with Gasteiger partial charge in [-0.25, -0.2) is 23.8 Å². The van der Waals surface area contributed by atoms with Crippen LogP contribution in [0.25, 0.3) is 0 Å². The van der Waals surface area contributed by atoms with E-state index >= 15 is 0 Å². The van der Waals surface area contributed by atoms with Gasteiger partial charge in [0.15, 0.2) is 0 Å². The molecule has 0 saturated carbocycles. The third-order valence-electron chi connectivity index (χ3n) is 2.34. The van der Waals surface area contributed by atoms with Crippen molar-refractivity contribution in [2.75, 3.05) is 0 Å². The Balaban J connectivity index is 0.000000318. The van der Waals surface area contributed by atoms with Crippen molar-refractivity contribution in [2.24, 2.45) is 5.92 Å². The fourth-order valence-corrected chi connectivity index (χ4v) is 1.41. The third kappa shape index (κ3) is 7.82. The van der Waals surface area contributed by atoms with Crippen LogP contribution in [0.4, 0.5) is 0 Å². The first-order valence-corrected chi connectivity index (χ1v) is 5.77. The number of rotatable bonds is 3. The minimum absolute atomic E-state index is 0. The van der Waals surface area contributed by atoms with Gasteiger partial charge in [0.1, 0.15) is 0 Å². The number of allylic oxidation sites excluding steroid dienone is 8. The van der Waals surface area contributed by atoms with Crippen LogP contribution in [0.15, 0.2) is 36.0 Å². The molecular weight excluding hydrogens is 281 g/mol. The van der Waals surface area contributed by atoms with Gasteiger partial charge in [-0.2, -0.15) is 12.2 Å². The second-order valence-electron chi connectivity index (χ2n) is 4.24. The molecule has 0 bridgehead atoms. The summed E-state index contributed by atoms with van der Waals surface area (Å²) in [4.78, 5) is 0. The van der Waals surface area contributed by atoms with E-state index < -0.39 is 0 Å². The summed E-state index contributed by atoms with van der Waals surface area (Å²) in [6.45, 7) is 4.53. The second kappa shape index (κ2) is 9.78. The second-order valence-corrected chi connectivity index (χ2v) is 4.24. The zero-order valence-electron chi connectivity index (χ0n) is 10.1. The molecule has 0 aromatic heterocycles. The zero-order chi connectivity index (χ0) is 10.9. The molecule has 1 heteroatoms. The molecule has 0 aromatic rings. The molecule has 0 aliphatic heterocycles. The molecule has 2 rings (SSSR count). The molecule has 0 amide bonds. The van der Waals surface area contributed by atoms with Crippen molar-refractivity contribution >= 4 is 0 Å². The van der Waals surface area contributed by atoms with E-state index in [0.717, 1.165) is 18.8 Å². The van der Waals surface area contributed by atoms with Crippen molar-refractivity contribution < 1.29 is 19.5 Å². The number of hydrogen-bond acceptors (Lipinski definition) is 0. The van der Waals surface area contributed by atoms with Crippen LogP contribution in [-0.2, 0) is 19.5 Å². The molecule has 0 radical (unpaired) electrons. The molecule has 88 valence electrons. The van der Waals surface area contributed by atoms with E-state index in [1.54, 1.807) is 0 Å². The van der Waals surface area contributed by atoms with Crippen LogP contribution in [-0.4, -0.2) is 0 Å². The van der Waals surface area contributed by atoms with Gasteiger partial charge in [0.25, 0.3) is 0 Å². The van der Waals surface area contributed by atoms with E-state index in [9.17, 15) is 0 Å². The number of hydrogen-bond donors (Lipinski definition) is 0. The molecule has 16 heavy (non-hydrogen) atoms. The molecule has 0 spiro atoms. The SMILES string of the molecule is CC(C)CCC1=[C-]CC=C1.[C-]1=CC=CC1.[Ru+2]. The summed E-state index contributed by atoms with van der Waals surface area (Å²) in [6.07, 6.45) is 21.2. The molecule has 0 N–H and O–H groups in total. The Kier molecular flexibility index (Phi) is 9.53. The monoisotopic (exact) mass is 302 g/mol. The van der Waals surface area contributed by atoms with Gasteiger partial charge in [0.2, 0.25) is 0 Å². The van der Waals surface area contributed by atoms with Crippen LogP contribution in [0.5, 0.6) is 0 Å². The molecule has 0 saturated heterocycles. The largest absolute Gasteiger partial charge is 2.00 e. The van der Waals surface area contributed by atoms with E-state index in [4.69, 9.17) is 0 Å². The van der Waals surface area contributed by atoms with Crippen molar-refractivity contribution in [1.82, 2.24) is 0 Å². The van der Waals surface area contributed by atoms with Crippen LogP contribution in [0.1, 0.15) is 39.5 Å². The smallest absolute Gasteiger partial charge is 0.273 e. The van der Waals surface area contributed by atoms with Gasteiger partial charge in [-0.05, 0) is 12.3 Å². The van der Waals surface area contributed by atoms with E-state index in [1.807, 2.05) is 12.2 Å². The first-order valence-electron chi connectivity index (χ1n) is 5.77. The van der Waals surface area contributed by atoms with Crippen LogP contribution in [0.3, 0.4) is 0 Å². The maximum Gasteiger partial charge on any atom is 2.00 e. The predicted octanol–water partition coefficient (Wildman–Crippen LogP) is 4.42. The molecular formula is C15H20Ru. The van der Waals surface area contributed by atoms with Crippen LogP contribution in [0, 0.1) is 18.1 Å². The summed E-state index contributed by atoms with van der Waals surface area (Å²) in [5.41, 5.74) is 1.41. The summed E-state index contributed by atoms with van der Waals surface area (Å²) in [5.74, 6) is 0.822. The first-order chi connectivity index (χ1) is 7.29. The summed E-state index contributed by atoms with van der Waals surface area (Å²) in [7, 11) is 0. The van der Waals surface area contributed by atoms with Gasteiger partial charge in [0.05, 0.1) is 0 Å². The average molecular weight is 301 g/mol. The Hall–Kier alpha value is -0.417. The van der Waals surface area contributed by atoms with Crippen molar-refractivity contribution in [2.45, 2.75) is 39.5 Å². The molecule has 0 aromatic carbocycles. The zero-order valence-corrected chi connectivity index (χ0v) is 11.9. The molecule has 0 fully saturated rings. The van der Waals surface area contributed by atoms with Gasteiger partial charge in [-0.3, -0.25) is 12.2 Å². The topological polar surface area (TPSA) is 0 Å². The van der Waals surface area contributed by atoms with Crippen molar-refractivity contribution in [3.63, 3.8) is 0 Å². The van der Waals surface area contributed by atoms with E-state index in [2.05, 4.69) is 44.2 Å². The van der Waals surface area contributed by atoms with E-state index in [-0.39, 0.29) is 19.5 Å². The van der Waals surface area contributed by atoms with Gasteiger partial charge < -0.3 is 0 Å². The first kappa shape index (κ1) is 15.6. The Bertz CT molecular complexity index is 270. The molecule has 0 unspecified atom stereocenters. The Labute approximate surface area is 113 Å². The summed E-state index contributed by atoms with van der Waals surface area (Å²) >= 11 is 0. The van der Waals surface area contributed by atoms with Gasteiger partial charge in [-0.15, -0.1) is 12.8 Å². The van der Waals surface area contributed by atoms with Crippen molar-refractivity contribution in [3.8, 4) is 0 Å². The maximum atomic E-state index is 3.32. The van der Waals surface area contributed by atoms with Gasteiger partial charge >= 0.3 is 19.5 Å². The fourth-order valence-electron chi connectivity index (χ4n) is 1.41. The van der Waals surface area contributed by atoms with Crippen LogP contribution in [0.2, 0.25) is 0 Å². The van der Waals surface area contributed by atoms with Gasteiger partial charge in [0, 0.05) is 0 Å². The Morgan fingerprint density at radius 3 is 2.44 bits per heavy atom. The molecule has 2 aliphatic rings. The van der Waals surface area contributed by atoms with Crippen molar-refractivity contribution in [3.05, 3.63) is 48.1 Å². The van der Waals surface area contributed by atoms with Gasteiger partial charge in [-0.1, -0.05) is 20.3 Å². The average Bonchev–Trinajstić information content (AvgIpc) is 2.91. The van der Waals surface area contributed by atoms with Crippen LogP contribution < -0.4 is 0 Å². The minimum atomic E-state index is 0. The predicted molar refractivity (Wildman–Crippen MR) is 66.2 cm³/mol. The molecule has 0 nitrogen and oxygen atoms in total. The maximum absolute atomic E-state index is 3.32. The van der Waals surface area contributed by atoms with Crippen molar-refractivity contribution in [1.29, 1.82) is 0 Å². The summed E-state index contributed by atoms with van der Waals surface area (Å²) < 4.78 is 0. The standard InChI is InChI=1S/C10H15.C5H5.Ru/c1-9(2)7-8-10-5-3-4-6-10;1-2-4-5-3-1;/h3,5,9H,4,7-8H2,1-2H3;1-3H,4H2;/q2*-1;+2. The minimum Gasteiger partial charge on any atom is -0.273 e. The quantitative estimate of drug-likeness (QED) is 0.535. The van der Waals surface area contributed by atoms with E-state index in [1.165, 1.54) is 18.4 Å². The van der Waals surface area contributed by atoms with Crippen LogP contribution >= 0.6 is 0 Å².